The second-order valence-electron chi connectivity index (χ2n) is 5.53. The summed E-state index contributed by atoms with van der Waals surface area (Å²) in [5.41, 5.74) is 3.05. The molecule has 0 aliphatic rings. The Kier molecular flexibility index (Phi) is 5.26. The zero-order valence-corrected chi connectivity index (χ0v) is 14.5. The van der Waals surface area contributed by atoms with E-state index in [1.165, 1.54) is 11.3 Å². The number of anilines is 1. The second-order valence-corrected chi connectivity index (χ2v) is 6.44. The van der Waals surface area contributed by atoms with Crippen LogP contribution in [0.5, 0.6) is 0 Å². The molecule has 25 heavy (non-hydrogen) atoms. The molecule has 0 saturated carbocycles. The minimum absolute atomic E-state index is 0.177. The van der Waals surface area contributed by atoms with E-state index in [1.807, 2.05) is 48.7 Å². The number of carbonyl (C=O) groups is 2. The molecule has 0 fully saturated rings. The Balaban J connectivity index is 1.58. The highest BCUT2D eigenvalue weighted by atomic mass is 32.1. The number of carbonyl (C=O) groups excluding carboxylic acids is 2. The van der Waals surface area contributed by atoms with Crippen molar-refractivity contribution in [2.24, 2.45) is 0 Å². The third-order valence-corrected chi connectivity index (χ3v) is 4.66. The Labute approximate surface area is 150 Å². The number of para-hydroxylation sites is 1. The van der Waals surface area contributed by atoms with Gasteiger partial charge in [0.1, 0.15) is 11.5 Å². The fourth-order valence-electron chi connectivity index (χ4n) is 2.27. The molecule has 3 aromatic rings. The van der Waals surface area contributed by atoms with Gasteiger partial charge in [-0.05, 0) is 53.8 Å². The number of ether oxygens (including phenoxy) is 1. The number of rotatable bonds is 5. The average Bonchev–Trinajstić information content (AvgIpc) is 3.07. The molecule has 1 amide bonds. The van der Waals surface area contributed by atoms with Gasteiger partial charge in [-0.3, -0.25) is 4.79 Å². The van der Waals surface area contributed by atoms with Crippen LogP contribution in [0.3, 0.4) is 0 Å². The lowest BCUT2D eigenvalue weighted by Crippen LogP contribution is -2.11. The summed E-state index contributed by atoms with van der Waals surface area (Å²) in [5.74, 6) is -0.498. The minimum Gasteiger partial charge on any atom is -0.457 e. The van der Waals surface area contributed by atoms with Gasteiger partial charge in [-0.15, -0.1) is 11.3 Å². The van der Waals surface area contributed by atoms with E-state index in [9.17, 15) is 9.59 Å². The number of amides is 1. The first kappa shape index (κ1) is 16.9. The summed E-state index contributed by atoms with van der Waals surface area (Å²) in [6.45, 7) is 2.06. The van der Waals surface area contributed by atoms with Gasteiger partial charge in [0, 0.05) is 11.3 Å². The summed E-state index contributed by atoms with van der Waals surface area (Å²) >= 11 is 1.37. The third-order valence-electron chi connectivity index (χ3n) is 3.67. The number of thiophene rings is 1. The summed E-state index contributed by atoms with van der Waals surface area (Å²) in [5, 5.41) is 4.70. The van der Waals surface area contributed by atoms with E-state index in [-0.39, 0.29) is 18.5 Å². The highest BCUT2D eigenvalue weighted by Gasteiger charge is 2.12. The van der Waals surface area contributed by atoms with Crippen molar-refractivity contribution in [2.45, 2.75) is 13.5 Å². The molecule has 1 N–H and O–H groups in total. The van der Waals surface area contributed by atoms with Crippen molar-refractivity contribution in [1.82, 2.24) is 0 Å². The highest BCUT2D eigenvalue weighted by Crippen LogP contribution is 2.17. The van der Waals surface area contributed by atoms with Gasteiger partial charge in [-0.1, -0.05) is 30.3 Å². The number of hydrogen-bond acceptors (Lipinski definition) is 4. The summed E-state index contributed by atoms with van der Waals surface area (Å²) in [4.78, 5) is 24.8. The van der Waals surface area contributed by atoms with Crippen LogP contribution < -0.4 is 5.32 Å². The van der Waals surface area contributed by atoms with E-state index in [2.05, 4.69) is 5.32 Å². The molecule has 0 bridgehead atoms. The molecule has 126 valence electrons. The van der Waals surface area contributed by atoms with E-state index in [0.717, 1.165) is 16.8 Å². The smallest absolute Gasteiger partial charge is 0.348 e. The maximum atomic E-state index is 12.2. The standard InChI is InChI=1S/C20H17NO3S/c1-14-11-12-25-18(14)20(23)24-13-15-7-9-16(10-8-15)19(22)21-17-5-3-2-4-6-17/h2-12H,13H2,1H3,(H,21,22). The van der Waals surface area contributed by atoms with Crippen molar-refractivity contribution in [3.8, 4) is 0 Å². The summed E-state index contributed by atoms with van der Waals surface area (Å²) in [6.07, 6.45) is 0. The van der Waals surface area contributed by atoms with Crippen molar-refractivity contribution >= 4 is 28.9 Å². The van der Waals surface area contributed by atoms with Gasteiger partial charge in [0.2, 0.25) is 0 Å². The SMILES string of the molecule is Cc1ccsc1C(=O)OCc1ccc(C(=O)Nc2ccccc2)cc1. The highest BCUT2D eigenvalue weighted by molar-refractivity contribution is 7.12. The van der Waals surface area contributed by atoms with Crippen LogP contribution in [0.4, 0.5) is 5.69 Å². The zero-order valence-electron chi connectivity index (χ0n) is 13.7. The molecule has 3 rings (SSSR count). The van der Waals surface area contributed by atoms with Gasteiger partial charge in [-0.2, -0.15) is 0 Å². The number of esters is 1. The molecule has 0 unspecified atom stereocenters. The molecule has 0 aliphatic heterocycles. The summed E-state index contributed by atoms with van der Waals surface area (Å²) < 4.78 is 5.32. The lowest BCUT2D eigenvalue weighted by Gasteiger charge is -2.07. The van der Waals surface area contributed by atoms with Gasteiger partial charge >= 0.3 is 5.97 Å². The van der Waals surface area contributed by atoms with Crippen LogP contribution in [0, 0.1) is 6.92 Å². The van der Waals surface area contributed by atoms with E-state index in [4.69, 9.17) is 4.74 Å². The van der Waals surface area contributed by atoms with Gasteiger partial charge in [0.05, 0.1) is 0 Å². The van der Waals surface area contributed by atoms with Crippen LogP contribution in [0.1, 0.15) is 31.2 Å². The van der Waals surface area contributed by atoms with Gasteiger partial charge in [-0.25, -0.2) is 4.79 Å². The molecular weight excluding hydrogens is 334 g/mol. The number of benzene rings is 2. The summed E-state index contributed by atoms with van der Waals surface area (Å²) in [7, 11) is 0. The predicted molar refractivity (Wildman–Crippen MR) is 99.0 cm³/mol. The van der Waals surface area contributed by atoms with Crippen LogP contribution in [0.25, 0.3) is 0 Å². The molecule has 0 saturated heterocycles. The molecule has 0 aliphatic carbocycles. The third kappa shape index (κ3) is 4.33. The maximum Gasteiger partial charge on any atom is 0.348 e. The van der Waals surface area contributed by atoms with Gasteiger partial charge in [0.25, 0.3) is 5.91 Å². The Morgan fingerprint density at radius 1 is 1.00 bits per heavy atom. The van der Waals surface area contributed by atoms with E-state index in [1.54, 1.807) is 24.3 Å². The molecular formula is C20H17NO3S. The number of hydrogen-bond donors (Lipinski definition) is 1. The Hall–Kier alpha value is -2.92. The molecule has 1 aromatic heterocycles. The van der Waals surface area contributed by atoms with E-state index < -0.39 is 0 Å². The Bertz CT molecular complexity index is 869. The van der Waals surface area contributed by atoms with Crippen LogP contribution in [-0.2, 0) is 11.3 Å². The predicted octanol–water partition coefficient (Wildman–Crippen LogP) is 4.67. The van der Waals surface area contributed by atoms with Crippen molar-refractivity contribution in [1.29, 1.82) is 0 Å². The quantitative estimate of drug-likeness (QED) is 0.680. The molecule has 5 heteroatoms. The Morgan fingerprint density at radius 3 is 2.36 bits per heavy atom. The molecule has 2 aromatic carbocycles. The zero-order chi connectivity index (χ0) is 17.6. The molecule has 0 atom stereocenters. The number of aryl methyl sites for hydroxylation is 1. The van der Waals surface area contributed by atoms with Crippen molar-refractivity contribution in [2.75, 3.05) is 5.32 Å². The first-order chi connectivity index (χ1) is 12.1. The molecule has 0 radical (unpaired) electrons. The van der Waals surface area contributed by atoms with Crippen molar-refractivity contribution in [3.63, 3.8) is 0 Å². The Morgan fingerprint density at radius 2 is 1.72 bits per heavy atom. The lowest BCUT2D eigenvalue weighted by atomic mass is 10.1. The molecule has 0 spiro atoms. The topological polar surface area (TPSA) is 55.4 Å². The molecule has 4 nitrogen and oxygen atoms in total. The fraction of sp³-hybridized carbons (Fsp3) is 0.100. The van der Waals surface area contributed by atoms with E-state index >= 15 is 0 Å². The van der Waals surface area contributed by atoms with Crippen molar-refractivity contribution < 1.29 is 14.3 Å². The minimum atomic E-state index is -0.321. The van der Waals surface area contributed by atoms with Crippen LogP contribution in [-0.4, -0.2) is 11.9 Å². The summed E-state index contributed by atoms with van der Waals surface area (Å²) in [6, 6.07) is 18.2. The van der Waals surface area contributed by atoms with Gasteiger partial charge < -0.3 is 10.1 Å². The van der Waals surface area contributed by atoms with Crippen LogP contribution >= 0.6 is 11.3 Å². The van der Waals surface area contributed by atoms with Gasteiger partial charge in [0.15, 0.2) is 0 Å². The lowest BCUT2D eigenvalue weighted by molar-refractivity contribution is 0.0477. The largest absolute Gasteiger partial charge is 0.457 e. The molecule has 1 heterocycles. The first-order valence-electron chi connectivity index (χ1n) is 7.80. The first-order valence-corrected chi connectivity index (χ1v) is 8.68. The maximum absolute atomic E-state index is 12.2. The fourth-order valence-corrected chi connectivity index (χ4v) is 3.09. The normalized spacial score (nSPS) is 10.3. The van der Waals surface area contributed by atoms with E-state index in [0.29, 0.717) is 10.4 Å². The average molecular weight is 351 g/mol. The van der Waals surface area contributed by atoms with Crippen LogP contribution in [0.15, 0.2) is 66.0 Å². The van der Waals surface area contributed by atoms with Crippen LogP contribution in [0.2, 0.25) is 0 Å². The second kappa shape index (κ2) is 7.77. The monoisotopic (exact) mass is 351 g/mol. The number of nitrogens with one attached hydrogen (secondary N) is 1. The van der Waals surface area contributed by atoms with Crippen molar-refractivity contribution in [3.05, 3.63) is 87.6 Å².